The van der Waals surface area contributed by atoms with Crippen molar-refractivity contribution < 1.29 is 4.79 Å². The van der Waals surface area contributed by atoms with E-state index >= 15 is 0 Å². The molecule has 8 heteroatoms. The Kier molecular flexibility index (Phi) is 4.54. The minimum absolute atomic E-state index is 0.0896. The van der Waals surface area contributed by atoms with E-state index in [-0.39, 0.29) is 5.91 Å². The second-order valence-electron chi connectivity index (χ2n) is 5.28. The molecule has 0 spiro atoms. The van der Waals surface area contributed by atoms with Crippen LogP contribution in [0.25, 0.3) is 0 Å². The number of aryl methyl sites for hydroxylation is 2. The van der Waals surface area contributed by atoms with Crippen LogP contribution in [0.1, 0.15) is 40.5 Å². The first-order valence-corrected chi connectivity index (χ1v) is 8.07. The minimum Gasteiger partial charge on any atom is -0.350 e. The zero-order chi connectivity index (χ0) is 14.5. The Labute approximate surface area is 126 Å². The first kappa shape index (κ1) is 14.1. The molecule has 3 rings (SSSR count). The largest absolute Gasteiger partial charge is 0.350 e. The van der Waals surface area contributed by atoms with Crippen molar-refractivity contribution in [3.05, 3.63) is 22.4 Å². The van der Waals surface area contributed by atoms with Crippen molar-refractivity contribution in [3.8, 4) is 0 Å². The third-order valence-electron chi connectivity index (χ3n) is 3.41. The molecule has 2 heterocycles. The Morgan fingerprint density at radius 2 is 2.29 bits per heavy atom. The van der Waals surface area contributed by atoms with Crippen molar-refractivity contribution in [2.24, 2.45) is 5.92 Å². The van der Waals surface area contributed by atoms with E-state index in [1.54, 1.807) is 6.20 Å². The van der Waals surface area contributed by atoms with Crippen molar-refractivity contribution in [2.45, 2.75) is 38.6 Å². The van der Waals surface area contributed by atoms with Crippen LogP contribution in [-0.4, -0.2) is 37.6 Å². The summed E-state index contributed by atoms with van der Waals surface area (Å²) in [7, 11) is 0. The fourth-order valence-corrected chi connectivity index (χ4v) is 2.78. The molecule has 112 valence electrons. The molecule has 7 nitrogen and oxygen atoms in total. The number of unbranched alkanes of at least 4 members (excludes halogenated alkanes) is 1. The normalized spacial score (nSPS) is 14.3. The molecule has 0 unspecified atom stereocenters. The van der Waals surface area contributed by atoms with Gasteiger partial charge in [0.25, 0.3) is 5.91 Å². The molecular formula is C13H18N6OS. The highest BCUT2D eigenvalue weighted by Gasteiger charge is 2.22. The molecule has 2 aromatic rings. The zero-order valence-electron chi connectivity index (χ0n) is 11.7. The Morgan fingerprint density at radius 1 is 1.38 bits per heavy atom. The number of carbonyl (C=O) groups excluding carboxylic acids is 1. The first-order valence-electron chi connectivity index (χ1n) is 7.26. The summed E-state index contributed by atoms with van der Waals surface area (Å²) < 4.78 is 1.82. The van der Waals surface area contributed by atoms with Gasteiger partial charge in [-0.05, 0) is 31.6 Å². The second kappa shape index (κ2) is 6.75. The molecule has 1 saturated carbocycles. The lowest BCUT2D eigenvalue weighted by Crippen LogP contribution is -2.25. The number of aromatic nitrogens is 5. The van der Waals surface area contributed by atoms with Gasteiger partial charge in [-0.1, -0.05) is 16.6 Å². The van der Waals surface area contributed by atoms with E-state index in [0.29, 0.717) is 10.9 Å². The summed E-state index contributed by atoms with van der Waals surface area (Å²) in [6.07, 6.45) is 8.85. The van der Waals surface area contributed by atoms with E-state index in [2.05, 4.69) is 25.8 Å². The molecule has 2 aromatic heterocycles. The van der Waals surface area contributed by atoms with Crippen molar-refractivity contribution in [1.82, 2.24) is 30.5 Å². The molecule has 1 fully saturated rings. The lowest BCUT2D eigenvalue weighted by atomic mass is 10.2. The summed E-state index contributed by atoms with van der Waals surface area (Å²) >= 11 is 1.39. The van der Waals surface area contributed by atoms with E-state index in [4.69, 9.17) is 0 Å². The third kappa shape index (κ3) is 4.32. The molecule has 0 bridgehead atoms. The number of hydrogen-bond acceptors (Lipinski definition) is 6. The van der Waals surface area contributed by atoms with Gasteiger partial charge < -0.3 is 5.32 Å². The summed E-state index contributed by atoms with van der Waals surface area (Å²) in [5.41, 5.74) is 0. The maximum atomic E-state index is 11.9. The number of nitrogens with zero attached hydrogens (tertiary/aromatic N) is 5. The monoisotopic (exact) mass is 306 g/mol. The lowest BCUT2D eigenvalue weighted by Gasteiger charge is -1.99. The van der Waals surface area contributed by atoms with E-state index in [1.165, 1.54) is 24.2 Å². The van der Waals surface area contributed by atoms with Crippen LogP contribution < -0.4 is 5.32 Å². The Bertz CT molecular complexity index is 577. The first-order chi connectivity index (χ1) is 10.3. The Hall–Kier alpha value is -1.83. The van der Waals surface area contributed by atoms with Crippen LogP contribution in [0.2, 0.25) is 0 Å². The van der Waals surface area contributed by atoms with E-state index < -0.39 is 0 Å². The van der Waals surface area contributed by atoms with Crippen molar-refractivity contribution in [3.63, 3.8) is 0 Å². The molecule has 0 radical (unpaired) electrons. The predicted octanol–water partition coefficient (Wildman–Crippen LogP) is 1.29. The molecule has 1 N–H and O–H groups in total. The third-order valence-corrected chi connectivity index (χ3v) is 4.39. The molecule has 1 aliphatic rings. The number of hydrogen-bond donors (Lipinski definition) is 1. The van der Waals surface area contributed by atoms with Gasteiger partial charge in [0.2, 0.25) is 5.01 Å². The van der Waals surface area contributed by atoms with Crippen LogP contribution in [0.4, 0.5) is 0 Å². The molecular weight excluding hydrogens is 288 g/mol. The van der Waals surface area contributed by atoms with Gasteiger partial charge in [0, 0.05) is 25.7 Å². The van der Waals surface area contributed by atoms with E-state index in [1.807, 2.05) is 10.9 Å². The Morgan fingerprint density at radius 3 is 3.05 bits per heavy atom. The maximum absolute atomic E-state index is 11.9. The van der Waals surface area contributed by atoms with Crippen molar-refractivity contribution in [2.75, 3.05) is 6.54 Å². The van der Waals surface area contributed by atoms with E-state index in [0.717, 1.165) is 37.4 Å². The summed E-state index contributed by atoms with van der Waals surface area (Å²) in [4.78, 5) is 11.9. The minimum atomic E-state index is -0.0896. The van der Waals surface area contributed by atoms with Crippen LogP contribution in [-0.2, 0) is 13.0 Å². The van der Waals surface area contributed by atoms with Crippen LogP contribution in [0, 0.1) is 5.92 Å². The average molecular weight is 306 g/mol. The van der Waals surface area contributed by atoms with Crippen molar-refractivity contribution >= 4 is 17.2 Å². The standard InChI is InChI=1S/C13H18N6OS/c20-12(14-9-10-4-5-10)13-17-16-11(21-13)3-1-2-7-19-8-6-15-18-19/h6,8,10H,1-5,7,9H2,(H,14,20). The molecule has 21 heavy (non-hydrogen) atoms. The molecule has 1 amide bonds. The topological polar surface area (TPSA) is 85.6 Å². The molecule has 0 aliphatic heterocycles. The van der Waals surface area contributed by atoms with Crippen LogP contribution in [0.5, 0.6) is 0 Å². The molecule has 0 atom stereocenters. The zero-order valence-corrected chi connectivity index (χ0v) is 12.6. The summed E-state index contributed by atoms with van der Waals surface area (Å²) in [6.45, 7) is 1.62. The number of amides is 1. The quantitative estimate of drug-likeness (QED) is 0.743. The highest BCUT2D eigenvalue weighted by Crippen LogP contribution is 2.27. The fourth-order valence-electron chi connectivity index (χ4n) is 1.98. The SMILES string of the molecule is O=C(NCC1CC1)c1nnc(CCCCn2ccnn2)s1. The lowest BCUT2D eigenvalue weighted by molar-refractivity contribution is 0.0950. The van der Waals surface area contributed by atoms with E-state index in [9.17, 15) is 4.79 Å². The summed E-state index contributed by atoms with van der Waals surface area (Å²) in [5.74, 6) is 0.589. The number of carbonyl (C=O) groups is 1. The molecule has 0 saturated heterocycles. The number of rotatable bonds is 8. The highest BCUT2D eigenvalue weighted by atomic mass is 32.1. The average Bonchev–Trinajstić information content (AvgIpc) is 2.98. The van der Waals surface area contributed by atoms with Crippen LogP contribution in [0.3, 0.4) is 0 Å². The second-order valence-corrected chi connectivity index (χ2v) is 6.34. The number of nitrogens with one attached hydrogen (secondary N) is 1. The van der Waals surface area contributed by atoms with Crippen LogP contribution >= 0.6 is 11.3 Å². The maximum Gasteiger partial charge on any atom is 0.282 e. The molecule has 1 aliphatic carbocycles. The van der Waals surface area contributed by atoms with Gasteiger partial charge in [-0.15, -0.1) is 15.3 Å². The highest BCUT2D eigenvalue weighted by molar-refractivity contribution is 7.13. The summed E-state index contributed by atoms with van der Waals surface area (Å²) in [6, 6.07) is 0. The van der Waals surface area contributed by atoms with Gasteiger partial charge in [-0.3, -0.25) is 9.48 Å². The fraction of sp³-hybridized carbons (Fsp3) is 0.615. The predicted molar refractivity (Wildman–Crippen MR) is 77.9 cm³/mol. The smallest absolute Gasteiger partial charge is 0.282 e. The van der Waals surface area contributed by atoms with Gasteiger partial charge in [-0.25, -0.2) is 0 Å². The van der Waals surface area contributed by atoms with Gasteiger partial charge in [0.1, 0.15) is 5.01 Å². The Balaban J connectivity index is 1.38. The van der Waals surface area contributed by atoms with Gasteiger partial charge in [0.05, 0.1) is 6.20 Å². The van der Waals surface area contributed by atoms with Crippen LogP contribution in [0.15, 0.2) is 12.4 Å². The van der Waals surface area contributed by atoms with Gasteiger partial charge in [0.15, 0.2) is 0 Å². The van der Waals surface area contributed by atoms with Gasteiger partial charge >= 0.3 is 0 Å². The van der Waals surface area contributed by atoms with Crippen molar-refractivity contribution in [1.29, 1.82) is 0 Å². The van der Waals surface area contributed by atoms with Gasteiger partial charge in [-0.2, -0.15) is 0 Å². The molecule has 0 aromatic carbocycles. The summed E-state index contributed by atoms with van der Waals surface area (Å²) in [5, 5.41) is 20.0.